The van der Waals surface area contributed by atoms with Crippen molar-refractivity contribution in [3.63, 3.8) is 0 Å². The van der Waals surface area contributed by atoms with Gasteiger partial charge in [0.15, 0.2) is 32.9 Å². The Labute approximate surface area is 267 Å². The molecule has 0 amide bonds. The zero-order valence-electron chi connectivity index (χ0n) is 19.6. The fourth-order valence-corrected chi connectivity index (χ4v) is 3.65. The number of alkyl halides is 5. The number of hydrogen-bond donors (Lipinski definition) is 0. The van der Waals surface area contributed by atoms with Crippen molar-refractivity contribution < 1.29 is 17.4 Å². The second-order valence-electron chi connectivity index (χ2n) is 6.87. The normalized spacial score (nSPS) is 11.7. The van der Waals surface area contributed by atoms with Gasteiger partial charge in [0, 0.05) is 30.2 Å². The summed E-state index contributed by atoms with van der Waals surface area (Å²) in [6.07, 6.45) is 7.14. The first-order valence-corrected chi connectivity index (χ1v) is 15.5. The zero-order valence-corrected chi connectivity index (χ0v) is 27.3. The average Bonchev–Trinajstić information content (AvgIpc) is 2.80. The van der Waals surface area contributed by atoms with E-state index in [-0.39, 0.29) is 21.2 Å². The van der Waals surface area contributed by atoms with Gasteiger partial charge in [0.1, 0.15) is 0 Å². The molecule has 0 radical (unpaired) electrons. The van der Waals surface area contributed by atoms with Gasteiger partial charge in [-0.15, -0.1) is 4.36 Å². The van der Waals surface area contributed by atoms with Crippen LogP contribution >= 0.6 is 97.1 Å². The van der Waals surface area contributed by atoms with E-state index >= 15 is 0 Å². The van der Waals surface area contributed by atoms with Gasteiger partial charge in [-0.05, 0) is 41.8 Å². The third-order valence-corrected chi connectivity index (χ3v) is 6.28. The lowest BCUT2D eigenvalue weighted by Crippen LogP contribution is -2.01. The number of aromatic nitrogens is 3. The Morgan fingerprint density at radius 3 is 1.64 bits per heavy atom. The summed E-state index contributed by atoms with van der Waals surface area (Å²) in [5, 5.41) is 8.48. The molecule has 0 fully saturated rings. The molecule has 39 heavy (non-hydrogen) atoms. The number of halogens is 11. The van der Waals surface area contributed by atoms with Gasteiger partial charge < -0.3 is 0 Å². The molecule has 0 N–H and O–H groups in total. The molecule has 0 bridgehead atoms. The molecule has 3 heterocycles. The predicted octanol–water partition coefficient (Wildman–Crippen LogP) is 9.46. The van der Waals surface area contributed by atoms with Crippen LogP contribution in [0.5, 0.6) is 0 Å². The summed E-state index contributed by atoms with van der Waals surface area (Å²) in [5.41, 5.74) is 1.95. The monoisotopic (exact) mass is 767 g/mol. The first-order chi connectivity index (χ1) is 17.9. The van der Waals surface area contributed by atoms with Crippen molar-refractivity contribution in [2.24, 2.45) is 4.36 Å². The molecule has 6 nitrogen and oxygen atoms in total. The second kappa shape index (κ2) is 18.6. The number of aryl methyl sites for hydroxylation is 1. The molecule has 0 aromatic carbocycles. The number of nitrogens with zero attached hydrogens (tertiary/aromatic N) is 5. The minimum absolute atomic E-state index is 0.0261. The quantitative estimate of drug-likeness (QED) is 0.150. The Morgan fingerprint density at radius 2 is 1.28 bits per heavy atom. The average molecular weight is 772 g/mol. The third kappa shape index (κ3) is 19.0. The second-order valence-corrected chi connectivity index (χ2v) is 14.3. The molecule has 18 heteroatoms. The Balaban J connectivity index is 0.000000527. The highest BCUT2D eigenvalue weighted by atomic mass is 79.9. The van der Waals surface area contributed by atoms with E-state index in [2.05, 4.69) is 35.2 Å². The molecule has 0 saturated heterocycles. The molecule has 1 atom stereocenters. The van der Waals surface area contributed by atoms with Crippen molar-refractivity contribution in [3.05, 3.63) is 86.4 Å². The van der Waals surface area contributed by atoms with Crippen LogP contribution in [-0.4, -0.2) is 28.7 Å². The van der Waals surface area contributed by atoms with Gasteiger partial charge in [-0.1, -0.05) is 97.1 Å². The summed E-state index contributed by atoms with van der Waals surface area (Å²) in [6, 6.07) is 3.82. The Hall–Kier alpha value is -0.810. The van der Waals surface area contributed by atoms with Crippen LogP contribution in [-0.2, 0) is 20.8 Å². The smallest absolute Gasteiger partial charge is 0.249 e. The first kappa shape index (κ1) is 38.2. The third-order valence-electron chi connectivity index (χ3n) is 3.46. The molecular weight excluding hydrogens is 755 g/mol. The lowest BCUT2D eigenvalue weighted by molar-refractivity contribution is 0.619. The highest BCUT2D eigenvalue weighted by molar-refractivity contribution is 9.08. The summed E-state index contributed by atoms with van der Waals surface area (Å²) in [4.78, 5) is 10.7. The SMILES string of the molecule is CS(=O)(Cc1cnc(Cl)c(F)c1)=NC#N.Cc1cnc(Cl)c(F)c1.ClC(Cl)(Cl)Cl.Fc1cc(CBr)cnc1Cl. The maximum atomic E-state index is 13.0. The van der Waals surface area contributed by atoms with Gasteiger partial charge >= 0.3 is 0 Å². The zero-order chi connectivity index (χ0) is 30.4. The van der Waals surface area contributed by atoms with E-state index in [1.165, 1.54) is 43.2 Å². The summed E-state index contributed by atoms with van der Waals surface area (Å²) < 4.78 is 51.1. The maximum absolute atomic E-state index is 13.0. The van der Waals surface area contributed by atoms with E-state index in [9.17, 15) is 17.4 Å². The highest BCUT2D eigenvalue weighted by Gasteiger charge is 2.11. The van der Waals surface area contributed by atoms with Crippen LogP contribution in [0.3, 0.4) is 0 Å². The number of pyridine rings is 3. The topological polar surface area (TPSA) is 91.9 Å². The molecule has 0 spiro atoms. The van der Waals surface area contributed by atoms with Crippen LogP contribution < -0.4 is 0 Å². The summed E-state index contributed by atoms with van der Waals surface area (Å²) in [7, 11) is -2.65. The van der Waals surface area contributed by atoms with E-state index in [1.54, 1.807) is 6.92 Å². The van der Waals surface area contributed by atoms with Crippen LogP contribution in [0.1, 0.15) is 16.7 Å². The first-order valence-electron chi connectivity index (χ1n) is 9.65. The standard InChI is InChI=1S/C8H7ClFN3OS.C6H4BrClFN.C6H5ClFN.CCl4/c1-15(14,13-5-11)4-6-2-7(10)8(9)12-3-6;7-2-4-1-5(9)6(8)10-3-4;1-4-2-5(8)6(7)9-3-4;2-1(3,4)5/h2-3H,4H2,1H3;1,3H,2H2;2-3H,1H3;. The van der Waals surface area contributed by atoms with Gasteiger partial charge in [-0.25, -0.2) is 32.3 Å². The van der Waals surface area contributed by atoms with Crippen molar-refractivity contribution in [2.45, 2.75) is 21.3 Å². The van der Waals surface area contributed by atoms with E-state index in [0.717, 1.165) is 17.2 Å². The molecule has 3 aromatic heterocycles. The highest BCUT2D eigenvalue weighted by Crippen LogP contribution is 2.29. The Kier molecular flexibility index (Phi) is 18.2. The van der Waals surface area contributed by atoms with E-state index in [4.69, 9.17) is 86.5 Å². The van der Waals surface area contributed by atoms with E-state index in [0.29, 0.717) is 10.9 Å². The van der Waals surface area contributed by atoms with E-state index < -0.39 is 30.4 Å². The van der Waals surface area contributed by atoms with Crippen molar-refractivity contribution >= 4 is 107 Å². The van der Waals surface area contributed by atoms with Gasteiger partial charge in [-0.2, -0.15) is 5.26 Å². The van der Waals surface area contributed by atoms with Gasteiger partial charge in [0.25, 0.3) is 3.25 Å². The molecule has 0 saturated carbocycles. The molecule has 0 aliphatic carbocycles. The molecule has 0 aliphatic heterocycles. The lowest BCUT2D eigenvalue weighted by atomic mass is 10.3. The number of rotatable bonds is 3. The Bertz CT molecular complexity index is 1400. The summed E-state index contributed by atoms with van der Waals surface area (Å²) >= 11 is 38.5. The molecule has 0 aliphatic rings. The minimum Gasteiger partial charge on any atom is -0.249 e. The van der Waals surface area contributed by atoms with Crippen molar-refractivity contribution in [1.82, 2.24) is 15.0 Å². The fourth-order valence-electron chi connectivity index (χ4n) is 2.02. The predicted molar refractivity (Wildman–Crippen MR) is 157 cm³/mol. The van der Waals surface area contributed by atoms with Crippen LogP contribution in [0.25, 0.3) is 0 Å². The van der Waals surface area contributed by atoms with Crippen molar-refractivity contribution in [3.8, 4) is 6.19 Å². The van der Waals surface area contributed by atoms with Crippen molar-refractivity contribution in [1.29, 1.82) is 5.26 Å². The molecule has 3 aromatic rings. The van der Waals surface area contributed by atoms with Crippen LogP contribution in [0, 0.1) is 35.8 Å². The number of nitriles is 1. The Morgan fingerprint density at radius 1 is 0.897 bits per heavy atom. The minimum atomic E-state index is -2.65. The number of hydrogen-bond acceptors (Lipinski definition) is 6. The van der Waals surface area contributed by atoms with Gasteiger partial charge in [0.2, 0.25) is 6.19 Å². The summed E-state index contributed by atoms with van der Waals surface area (Å²) in [5.74, 6) is -1.64. The summed E-state index contributed by atoms with van der Waals surface area (Å²) in [6.45, 7) is 1.76. The molecule has 3 rings (SSSR count). The largest absolute Gasteiger partial charge is 0.266 e. The molecular formula is C21H16BrCl7F3N5OS. The lowest BCUT2D eigenvalue weighted by Gasteiger charge is -2.02. The maximum Gasteiger partial charge on any atom is 0.266 e. The van der Waals surface area contributed by atoms with Gasteiger partial charge in [0.05, 0.1) is 15.5 Å². The van der Waals surface area contributed by atoms with E-state index in [1.807, 2.05) is 0 Å². The van der Waals surface area contributed by atoms with Gasteiger partial charge in [-0.3, -0.25) is 0 Å². The fraction of sp³-hybridized carbons (Fsp3) is 0.238. The van der Waals surface area contributed by atoms with Crippen LogP contribution in [0.15, 0.2) is 41.2 Å². The van der Waals surface area contributed by atoms with Crippen LogP contribution in [0.4, 0.5) is 13.2 Å². The van der Waals surface area contributed by atoms with Crippen molar-refractivity contribution in [2.75, 3.05) is 6.26 Å². The molecule has 1 unspecified atom stereocenters. The van der Waals surface area contributed by atoms with Crippen LogP contribution in [0.2, 0.25) is 15.5 Å². The molecule has 214 valence electrons.